The molecule has 1 saturated carbocycles. The van der Waals surface area contributed by atoms with Crippen LogP contribution in [0, 0.1) is 11.3 Å². The number of nitrogens with zero attached hydrogens (tertiary/aromatic N) is 3. The van der Waals surface area contributed by atoms with Crippen LogP contribution in [0.25, 0.3) is 0 Å². The molecule has 0 bridgehead atoms. The molecule has 1 aromatic carbocycles. The molecule has 4 rings (SSSR count). The number of aryl methyl sites for hydroxylation is 1. The summed E-state index contributed by atoms with van der Waals surface area (Å²) in [6, 6.07) is 11.0. The molecule has 0 amide bonds. The average Bonchev–Trinajstić information content (AvgIpc) is 3.44. The number of anilines is 1. The van der Waals surface area contributed by atoms with Crippen molar-refractivity contribution in [2.45, 2.75) is 50.7 Å². The van der Waals surface area contributed by atoms with E-state index in [1.165, 1.54) is 24.1 Å². The monoisotopic (exact) mass is 319 g/mol. The number of benzene rings is 1. The summed E-state index contributed by atoms with van der Waals surface area (Å²) in [6.45, 7) is 0.789. The van der Waals surface area contributed by atoms with Crippen LogP contribution in [-0.2, 0) is 19.4 Å². The highest BCUT2D eigenvalue weighted by Gasteiger charge is 2.24. The van der Waals surface area contributed by atoms with Gasteiger partial charge in [-0.15, -0.1) is 0 Å². The van der Waals surface area contributed by atoms with Crippen molar-refractivity contribution in [3.05, 3.63) is 52.8 Å². The number of rotatable bonds is 5. The lowest BCUT2D eigenvalue weighted by atomic mass is 9.92. The summed E-state index contributed by atoms with van der Waals surface area (Å²) in [5.74, 6) is 0.788. The molecule has 0 unspecified atom stereocenters. The van der Waals surface area contributed by atoms with Crippen molar-refractivity contribution in [1.29, 1.82) is 5.26 Å². The van der Waals surface area contributed by atoms with Gasteiger partial charge < -0.3 is 10.6 Å². The SMILES string of the molecule is N#Cc1cccc(CN[C@@H]2CCc3nc(NC4CC4)ncc3C2)c1. The van der Waals surface area contributed by atoms with Crippen molar-refractivity contribution in [2.24, 2.45) is 0 Å². The highest BCUT2D eigenvalue weighted by Crippen LogP contribution is 2.25. The van der Waals surface area contributed by atoms with Gasteiger partial charge in [-0.3, -0.25) is 0 Å². The smallest absolute Gasteiger partial charge is 0.223 e. The first kappa shape index (κ1) is 15.1. The molecule has 5 nitrogen and oxygen atoms in total. The molecule has 1 aromatic heterocycles. The summed E-state index contributed by atoms with van der Waals surface area (Å²) in [6.07, 6.45) is 7.50. The standard InChI is InChI=1S/C19H21N5/c20-10-13-2-1-3-14(8-13)11-21-17-6-7-18-15(9-17)12-22-19(24-18)23-16-4-5-16/h1-3,8,12,16-17,21H,4-7,9,11H2,(H,22,23,24)/t17-/m1/s1. The third-order valence-electron chi connectivity index (χ3n) is 4.71. The molecule has 0 aliphatic heterocycles. The molecule has 2 aromatic rings. The molecular formula is C19H21N5. The first-order valence-corrected chi connectivity index (χ1v) is 8.64. The summed E-state index contributed by atoms with van der Waals surface area (Å²) >= 11 is 0. The zero-order valence-corrected chi connectivity index (χ0v) is 13.6. The number of hydrogen-bond donors (Lipinski definition) is 2. The van der Waals surface area contributed by atoms with Crippen molar-refractivity contribution in [1.82, 2.24) is 15.3 Å². The van der Waals surface area contributed by atoms with Gasteiger partial charge in [-0.05, 0) is 55.4 Å². The van der Waals surface area contributed by atoms with E-state index >= 15 is 0 Å². The van der Waals surface area contributed by atoms with Crippen LogP contribution in [0.2, 0.25) is 0 Å². The summed E-state index contributed by atoms with van der Waals surface area (Å²) in [7, 11) is 0. The number of fused-ring (bicyclic) bond motifs is 1. The summed E-state index contributed by atoms with van der Waals surface area (Å²) < 4.78 is 0. The number of hydrogen-bond acceptors (Lipinski definition) is 5. The highest BCUT2D eigenvalue weighted by molar-refractivity contribution is 5.34. The van der Waals surface area contributed by atoms with Gasteiger partial charge in [0.1, 0.15) is 0 Å². The Kier molecular flexibility index (Phi) is 4.14. The maximum absolute atomic E-state index is 8.98. The summed E-state index contributed by atoms with van der Waals surface area (Å²) in [4.78, 5) is 9.14. The maximum atomic E-state index is 8.98. The highest BCUT2D eigenvalue weighted by atomic mass is 15.1. The molecule has 0 saturated heterocycles. The van der Waals surface area contributed by atoms with Gasteiger partial charge in [-0.25, -0.2) is 9.97 Å². The third-order valence-corrected chi connectivity index (χ3v) is 4.71. The molecule has 1 heterocycles. The Bertz CT molecular complexity index is 776. The molecule has 1 atom stereocenters. The van der Waals surface area contributed by atoms with Crippen molar-refractivity contribution < 1.29 is 0 Å². The lowest BCUT2D eigenvalue weighted by Crippen LogP contribution is -2.34. The first-order chi connectivity index (χ1) is 11.8. The largest absolute Gasteiger partial charge is 0.351 e. The van der Waals surface area contributed by atoms with E-state index in [0.29, 0.717) is 17.6 Å². The summed E-state index contributed by atoms with van der Waals surface area (Å²) in [5.41, 5.74) is 4.32. The van der Waals surface area contributed by atoms with Crippen LogP contribution >= 0.6 is 0 Å². The van der Waals surface area contributed by atoms with Crippen LogP contribution in [0.5, 0.6) is 0 Å². The van der Waals surface area contributed by atoms with Crippen LogP contribution in [-0.4, -0.2) is 22.1 Å². The van der Waals surface area contributed by atoms with Gasteiger partial charge in [0.2, 0.25) is 5.95 Å². The Balaban J connectivity index is 1.36. The van der Waals surface area contributed by atoms with Crippen LogP contribution in [0.15, 0.2) is 30.5 Å². The van der Waals surface area contributed by atoms with E-state index in [2.05, 4.69) is 32.7 Å². The van der Waals surface area contributed by atoms with E-state index in [1.54, 1.807) is 0 Å². The van der Waals surface area contributed by atoms with Crippen molar-refractivity contribution in [3.8, 4) is 6.07 Å². The fourth-order valence-corrected chi connectivity index (χ4v) is 3.17. The molecule has 122 valence electrons. The van der Waals surface area contributed by atoms with Crippen molar-refractivity contribution >= 4 is 5.95 Å². The van der Waals surface area contributed by atoms with Crippen molar-refractivity contribution in [2.75, 3.05) is 5.32 Å². The predicted molar refractivity (Wildman–Crippen MR) is 92.5 cm³/mol. The molecule has 5 heteroatoms. The number of nitriles is 1. The topological polar surface area (TPSA) is 73.6 Å². The summed E-state index contributed by atoms with van der Waals surface area (Å²) in [5, 5.41) is 16.0. The van der Waals surface area contributed by atoms with E-state index in [1.807, 2.05) is 24.4 Å². The van der Waals surface area contributed by atoms with Gasteiger partial charge in [-0.1, -0.05) is 12.1 Å². The van der Waals surface area contributed by atoms with E-state index in [9.17, 15) is 0 Å². The first-order valence-electron chi connectivity index (χ1n) is 8.64. The van der Waals surface area contributed by atoms with Crippen molar-refractivity contribution in [3.63, 3.8) is 0 Å². The van der Waals surface area contributed by atoms with Crippen LogP contribution < -0.4 is 10.6 Å². The Hall–Kier alpha value is -2.45. The molecule has 2 N–H and O–H groups in total. The quantitative estimate of drug-likeness (QED) is 0.886. The average molecular weight is 319 g/mol. The molecule has 1 fully saturated rings. The minimum absolute atomic E-state index is 0.439. The fourth-order valence-electron chi connectivity index (χ4n) is 3.17. The number of nitrogens with one attached hydrogen (secondary N) is 2. The Morgan fingerprint density at radius 3 is 2.96 bits per heavy atom. The Labute approximate surface area is 142 Å². The maximum Gasteiger partial charge on any atom is 0.223 e. The van der Waals surface area contributed by atoms with Crippen LogP contribution in [0.3, 0.4) is 0 Å². The van der Waals surface area contributed by atoms with E-state index in [-0.39, 0.29) is 0 Å². The molecule has 24 heavy (non-hydrogen) atoms. The molecule has 0 radical (unpaired) electrons. The molecule has 2 aliphatic rings. The van der Waals surface area contributed by atoms with Gasteiger partial charge in [0.05, 0.1) is 11.6 Å². The minimum Gasteiger partial charge on any atom is -0.351 e. The normalized spacial score (nSPS) is 19.4. The molecule has 2 aliphatic carbocycles. The second-order valence-electron chi connectivity index (χ2n) is 6.72. The molecule has 0 spiro atoms. The Morgan fingerprint density at radius 1 is 1.21 bits per heavy atom. The Morgan fingerprint density at radius 2 is 2.12 bits per heavy atom. The van der Waals surface area contributed by atoms with Gasteiger partial charge >= 0.3 is 0 Å². The third kappa shape index (κ3) is 3.55. The van der Waals surface area contributed by atoms with Gasteiger partial charge in [0.25, 0.3) is 0 Å². The predicted octanol–water partition coefficient (Wildman–Crippen LogP) is 2.57. The van der Waals surface area contributed by atoms with Gasteiger partial charge in [0, 0.05) is 30.5 Å². The van der Waals surface area contributed by atoms with Gasteiger partial charge in [0.15, 0.2) is 0 Å². The number of aromatic nitrogens is 2. The van der Waals surface area contributed by atoms with Crippen LogP contribution in [0.1, 0.15) is 41.6 Å². The fraction of sp³-hybridized carbons (Fsp3) is 0.421. The second-order valence-corrected chi connectivity index (χ2v) is 6.72. The zero-order chi connectivity index (χ0) is 16.4. The van der Waals surface area contributed by atoms with E-state index in [4.69, 9.17) is 5.26 Å². The van der Waals surface area contributed by atoms with E-state index in [0.717, 1.165) is 37.3 Å². The van der Waals surface area contributed by atoms with Crippen LogP contribution in [0.4, 0.5) is 5.95 Å². The minimum atomic E-state index is 0.439. The van der Waals surface area contributed by atoms with E-state index < -0.39 is 0 Å². The lowest BCUT2D eigenvalue weighted by molar-refractivity contribution is 0.452. The zero-order valence-electron chi connectivity index (χ0n) is 13.6. The van der Waals surface area contributed by atoms with Gasteiger partial charge in [-0.2, -0.15) is 5.26 Å². The second kappa shape index (κ2) is 6.58. The lowest BCUT2D eigenvalue weighted by Gasteiger charge is -2.25. The molecular weight excluding hydrogens is 298 g/mol.